The average molecular weight is 288 g/mol. The van der Waals surface area contributed by atoms with E-state index in [0.29, 0.717) is 11.6 Å². The van der Waals surface area contributed by atoms with E-state index in [1.54, 1.807) is 0 Å². The second-order valence-corrected chi connectivity index (χ2v) is 5.19. The Kier molecular flexibility index (Phi) is 3.72. The molecule has 2 aromatic carbocycles. The largest absolute Gasteiger partial charge is 0.361 e. The number of carbonyl (C=O) groups is 1. The zero-order chi connectivity index (χ0) is 13.9. The number of amides is 1. The standard InChI is InChI=1S/C16H14ClNO2/c17-13-8-6-12(7-9-13)14-15(16(19)18-14)20-10-11-4-2-1-3-5-11/h1-9,14-15H,10H2,(H,18,19)/t14-,15+/m0/s1. The van der Waals surface area contributed by atoms with Crippen LogP contribution in [0.1, 0.15) is 17.2 Å². The smallest absolute Gasteiger partial charge is 0.252 e. The van der Waals surface area contributed by atoms with Crippen LogP contribution in [0.4, 0.5) is 0 Å². The quantitative estimate of drug-likeness (QED) is 0.878. The second-order valence-electron chi connectivity index (χ2n) is 4.76. The summed E-state index contributed by atoms with van der Waals surface area (Å²) in [5.41, 5.74) is 2.06. The van der Waals surface area contributed by atoms with Gasteiger partial charge in [0, 0.05) is 5.02 Å². The third-order valence-corrected chi connectivity index (χ3v) is 3.61. The van der Waals surface area contributed by atoms with Crippen LogP contribution < -0.4 is 5.32 Å². The lowest BCUT2D eigenvalue weighted by Gasteiger charge is -2.36. The molecule has 0 aliphatic carbocycles. The molecular weight excluding hydrogens is 274 g/mol. The van der Waals surface area contributed by atoms with Crippen LogP contribution in [0.25, 0.3) is 0 Å². The lowest BCUT2D eigenvalue weighted by atomic mass is 9.94. The van der Waals surface area contributed by atoms with Crippen LogP contribution in [0.5, 0.6) is 0 Å². The van der Waals surface area contributed by atoms with E-state index in [4.69, 9.17) is 16.3 Å². The van der Waals surface area contributed by atoms with E-state index in [1.165, 1.54) is 0 Å². The van der Waals surface area contributed by atoms with Crippen LogP contribution in [0.3, 0.4) is 0 Å². The van der Waals surface area contributed by atoms with Gasteiger partial charge < -0.3 is 10.1 Å². The molecule has 1 amide bonds. The van der Waals surface area contributed by atoms with Crippen molar-refractivity contribution in [3.05, 3.63) is 70.7 Å². The summed E-state index contributed by atoms with van der Waals surface area (Å²) in [4.78, 5) is 11.6. The molecule has 0 aromatic heterocycles. The highest BCUT2D eigenvalue weighted by atomic mass is 35.5. The van der Waals surface area contributed by atoms with Gasteiger partial charge in [0.2, 0.25) is 0 Å². The molecule has 1 N–H and O–H groups in total. The first-order valence-electron chi connectivity index (χ1n) is 6.45. The molecule has 20 heavy (non-hydrogen) atoms. The normalized spacial score (nSPS) is 21.1. The van der Waals surface area contributed by atoms with Gasteiger partial charge in [-0.2, -0.15) is 0 Å². The summed E-state index contributed by atoms with van der Waals surface area (Å²) in [7, 11) is 0. The Labute approximate surface area is 122 Å². The number of hydrogen-bond acceptors (Lipinski definition) is 2. The molecule has 1 heterocycles. The fourth-order valence-corrected chi connectivity index (χ4v) is 2.35. The molecule has 0 spiro atoms. The van der Waals surface area contributed by atoms with Gasteiger partial charge in [0.05, 0.1) is 12.6 Å². The van der Waals surface area contributed by atoms with Crippen LogP contribution in [0.15, 0.2) is 54.6 Å². The first-order valence-corrected chi connectivity index (χ1v) is 6.83. The number of nitrogens with one attached hydrogen (secondary N) is 1. The molecule has 1 aliphatic rings. The van der Waals surface area contributed by atoms with Gasteiger partial charge in [-0.25, -0.2) is 0 Å². The number of ether oxygens (including phenoxy) is 1. The molecule has 2 aromatic rings. The molecule has 3 rings (SSSR count). The van der Waals surface area contributed by atoms with E-state index in [-0.39, 0.29) is 11.9 Å². The van der Waals surface area contributed by atoms with E-state index >= 15 is 0 Å². The molecule has 1 fully saturated rings. The molecule has 1 aliphatic heterocycles. The van der Waals surface area contributed by atoms with Gasteiger partial charge >= 0.3 is 0 Å². The zero-order valence-corrected chi connectivity index (χ0v) is 11.5. The predicted octanol–water partition coefficient (Wildman–Crippen LogP) is 3.10. The van der Waals surface area contributed by atoms with E-state index in [0.717, 1.165) is 11.1 Å². The molecule has 1 saturated heterocycles. The maximum absolute atomic E-state index is 11.6. The third-order valence-electron chi connectivity index (χ3n) is 3.36. The lowest BCUT2D eigenvalue weighted by molar-refractivity contribution is -0.150. The van der Waals surface area contributed by atoms with Crippen LogP contribution >= 0.6 is 11.6 Å². The van der Waals surface area contributed by atoms with Gasteiger partial charge in [0.15, 0.2) is 6.10 Å². The number of rotatable bonds is 4. The molecule has 102 valence electrons. The number of β-lactam (4-membered cyclic amide) rings is 1. The third kappa shape index (κ3) is 2.69. The fraction of sp³-hybridized carbons (Fsp3) is 0.188. The minimum Gasteiger partial charge on any atom is -0.361 e. The van der Waals surface area contributed by atoms with E-state index in [9.17, 15) is 4.79 Å². The summed E-state index contributed by atoms with van der Waals surface area (Å²) < 4.78 is 5.73. The van der Waals surface area contributed by atoms with Gasteiger partial charge in [-0.05, 0) is 23.3 Å². The highest BCUT2D eigenvalue weighted by Gasteiger charge is 2.41. The molecule has 0 radical (unpaired) electrons. The number of halogens is 1. The Morgan fingerprint density at radius 1 is 1.05 bits per heavy atom. The van der Waals surface area contributed by atoms with Crippen molar-refractivity contribution < 1.29 is 9.53 Å². The summed E-state index contributed by atoms with van der Waals surface area (Å²) in [5, 5.41) is 3.54. The molecule has 4 heteroatoms. The minimum atomic E-state index is -0.434. The first kappa shape index (κ1) is 13.2. The molecule has 0 saturated carbocycles. The van der Waals surface area contributed by atoms with Crippen molar-refractivity contribution in [1.82, 2.24) is 5.32 Å². The van der Waals surface area contributed by atoms with Gasteiger partial charge in [-0.15, -0.1) is 0 Å². The Morgan fingerprint density at radius 2 is 1.75 bits per heavy atom. The van der Waals surface area contributed by atoms with Crippen molar-refractivity contribution in [2.45, 2.75) is 18.8 Å². The zero-order valence-electron chi connectivity index (χ0n) is 10.8. The maximum Gasteiger partial charge on any atom is 0.252 e. The molecule has 3 nitrogen and oxygen atoms in total. The Bertz CT molecular complexity index is 598. The number of benzene rings is 2. The maximum atomic E-state index is 11.6. The Hall–Kier alpha value is -1.84. The summed E-state index contributed by atoms with van der Waals surface area (Å²) in [5.74, 6) is -0.0686. The van der Waals surface area contributed by atoms with Gasteiger partial charge in [-0.1, -0.05) is 54.1 Å². The Morgan fingerprint density at radius 3 is 2.40 bits per heavy atom. The summed E-state index contributed by atoms with van der Waals surface area (Å²) >= 11 is 5.87. The van der Waals surface area contributed by atoms with Gasteiger partial charge in [0.25, 0.3) is 5.91 Å². The van der Waals surface area contributed by atoms with Crippen LogP contribution in [0.2, 0.25) is 5.02 Å². The van der Waals surface area contributed by atoms with Crippen LogP contribution in [-0.4, -0.2) is 12.0 Å². The van der Waals surface area contributed by atoms with Crippen LogP contribution in [-0.2, 0) is 16.1 Å². The minimum absolute atomic E-state index is 0.0686. The molecular formula is C16H14ClNO2. The Balaban J connectivity index is 1.66. The number of carbonyl (C=O) groups excluding carboxylic acids is 1. The second kappa shape index (κ2) is 5.65. The van der Waals surface area contributed by atoms with Crippen molar-refractivity contribution >= 4 is 17.5 Å². The first-order chi connectivity index (χ1) is 9.74. The monoisotopic (exact) mass is 287 g/mol. The van der Waals surface area contributed by atoms with E-state index in [2.05, 4.69) is 5.32 Å². The van der Waals surface area contributed by atoms with Crippen molar-refractivity contribution in [3.63, 3.8) is 0 Å². The lowest BCUT2D eigenvalue weighted by Crippen LogP contribution is -2.57. The molecule has 0 unspecified atom stereocenters. The van der Waals surface area contributed by atoms with Crippen LogP contribution in [0, 0.1) is 0 Å². The fourth-order valence-electron chi connectivity index (χ4n) is 2.23. The van der Waals surface area contributed by atoms with E-state index < -0.39 is 6.10 Å². The number of hydrogen-bond donors (Lipinski definition) is 1. The molecule has 2 atom stereocenters. The predicted molar refractivity (Wildman–Crippen MR) is 77.4 cm³/mol. The SMILES string of the molecule is O=C1N[C@@H](c2ccc(Cl)cc2)[C@H]1OCc1ccccc1. The molecule has 0 bridgehead atoms. The average Bonchev–Trinajstić information content (AvgIpc) is 2.47. The van der Waals surface area contributed by atoms with Gasteiger partial charge in [-0.3, -0.25) is 4.79 Å². The van der Waals surface area contributed by atoms with Crippen molar-refractivity contribution in [2.75, 3.05) is 0 Å². The highest BCUT2D eigenvalue weighted by Crippen LogP contribution is 2.28. The summed E-state index contributed by atoms with van der Waals surface area (Å²) in [6, 6.07) is 17.2. The summed E-state index contributed by atoms with van der Waals surface area (Å²) in [6.07, 6.45) is -0.434. The van der Waals surface area contributed by atoms with Gasteiger partial charge in [0.1, 0.15) is 0 Å². The van der Waals surface area contributed by atoms with Crippen molar-refractivity contribution in [2.24, 2.45) is 0 Å². The highest BCUT2D eigenvalue weighted by molar-refractivity contribution is 6.30. The van der Waals surface area contributed by atoms with Crippen molar-refractivity contribution in [3.8, 4) is 0 Å². The summed E-state index contributed by atoms with van der Waals surface area (Å²) in [6.45, 7) is 0.434. The van der Waals surface area contributed by atoms with Crippen molar-refractivity contribution in [1.29, 1.82) is 0 Å². The van der Waals surface area contributed by atoms with E-state index in [1.807, 2.05) is 54.6 Å². The topological polar surface area (TPSA) is 38.3 Å².